The van der Waals surface area contributed by atoms with E-state index in [4.69, 9.17) is 14.2 Å². The summed E-state index contributed by atoms with van der Waals surface area (Å²) in [5, 5.41) is 0. The number of allylic oxidation sites excluding steroid dienone is 22. The smallest absolute Gasteiger partial charge is 0.306 e. The van der Waals surface area contributed by atoms with Crippen molar-refractivity contribution in [3.63, 3.8) is 0 Å². The minimum Gasteiger partial charge on any atom is -0.462 e. The summed E-state index contributed by atoms with van der Waals surface area (Å²) in [6.45, 7) is 6.35. The number of esters is 3. The van der Waals surface area contributed by atoms with Crippen molar-refractivity contribution in [1.29, 1.82) is 0 Å². The zero-order valence-electron chi connectivity index (χ0n) is 52.8. The number of carbonyl (C=O) groups is 3. The van der Waals surface area contributed by atoms with Crippen molar-refractivity contribution in [2.75, 3.05) is 13.2 Å². The second-order valence-electron chi connectivity index (χ2n) is 22.0. The predicted molar refractivity (Wildman–Crippen MR) is 353 cm³/mol. The molecule has 1 unspecified atom stereocenters. The molecule has 0 bridgehead atoms. The van der Waals surface area contributed by atoms with E-state index >= 15 is 0 Å². The minimum absolute atomic E-state index is 0.105. The van der Waals surface area contributed by atoms with Gasteiger partial charge in [0.15, 0.2) is 6.10 Å². The zero-order valence-corrected chi connectivity index (χ0v) is 52.8. The monoisotopic (exact) mass is 1120 g/mol. The molecule has 0 aromatic rings. The van der Waals surface area contributed by atoms with Crippen LogP contribution in [0.5, 0.6) is 0 Å². The fourth-order valence-electron chi connectivity index (χ4n) is 9.16. The number of carbonyl (C=O) groups excluding carboxylic acids is 3. The molecule has 6 heteroatoms. The number of hydrogen-bond donors (Lipinski definition) is 0. The molecule has 0 aliphatic rings. The van der Waals surface area contributed by atoms with Gasteiger partial charge in [-0.25, -0.2) is 0 Å². The van der Waals surface area contributed by atoms with Crippen molar-refractivity contribution in [1.82, 2.24) is 0 Å². The van der Waals surface area contributed by atoms with Crippen LogP contribution in [0.3, 0.4) is 0 Å². The summed E-state index contributed by atoms with van der Waals surface area (Å²) in [6.07, 6.45) is 96.3. The number of hydrogen-bond acceptors (Lipinski definition) is 6. The van der Waals surface area contributed by atoms with Crippen molar-refractivity contribution in [3.05, 3.63) is 134 Å². The highest BCUT2D eigenvalue weighted by Crippen LogP contribution is 2.16. The lowest BCUT2D eigenvalue weighted by Crippen LogP contribution is -2.30. The molecule has 0 saturated carbocycles. The predicted octanol–water partition coefficient (Wildman–Crippen LogP) is 23.3. The van der Waals surface area contributed by atoms with Crippen LogP contribution < -0.4 is 0 Å². The molecule has 0 aromatic carbocycles. The summed E-state index contributed by atoms with van der Waals surface area (Å²) in [4.78, 5) is 38.3. The quantitative estimate of drug-likeness (QED) is 0.0261. The molecule has 6 nitrogen and oxygen atoms in total. The van der Waals surface area contributed by atoms with Crippen molar-refractivity contribution in [2.24, 2.45) is 0 Å². The first-order valence-electron chi connectivity index (χ1n) is 33.7. The maximum absolute atomic E-state index is 12.9. The summed E-state index contributed by atoms with van der Waals surface area (Å²) in [5.41, 5.74) is 0. The van der Waals surface area contributed by atoms with Crippen LogP contribution in [-0.2, 0) is 28.6 Å². The molecule has 0 radical (unpaired) electrons. The zero-order chi connectivity index (χ0) is 58.5. The molecule has 0 aromatic heterocycles. The summed E-state index contributed by atoms with van der Waals surface area (Å²) in [7, 11) is 0. The normalized spacial score (nSPS) is 13.0. The Labute approximate surface area is 500 Å². The molecular weight excluding hydrogens is 997 g/mol. The Bertz CT molecular complexity index is 1720. The fraction of sp³-hybridized carbons (Fsp3) is 0.667. The van der Waals surface area contributed by atoms with Gasteiger partial charge in [-0.1, -0.05) is 296 Å². The van der Waals surface area contributed by atoms with Crippen molar-refractivity contribution in [3.8, 4) is 0 Å². The van der Waals surface area contributed by atoms with E-state index in [2.05, 4.69) is 148 Å². The lowest BCUT2D eigenvalue weighted by Gasteiger charge is -2.18. The average molecular weight is 1120 g/mol. The molecule has 0 fully saturated rings. The van der Waals surface area contributed by atoms with E-state index in [-0.39, 0.29) is 37.5 Å². The largest absolute Gasteiger partial charge is 0.462 e. The first-order valence-corrected chi connectivity index (χ1v) is 33.7. The molecule has 0 rings (SSSR count). The van der Waals surface area contributed by atoms with Crippen LogP contribution in [0.25, 0.3) is 0 Å². The molecule has 0 heterocycles. The number of rotatable bonds is 60. The molecule has 0 saturated heterocycles. The van der Waals surface area contributed by atoms with Crippen LogP contribution in [0, 0.1) is 0 Å². The van der Waals surface area contributed by atoms with E-state index in [0.29, 0.717) is 19.3 Å². The molecule has 0 spiro atoms. The van der Waals surface area contributed by atoms with Crippen LogP contribution in [0.15, 0.2) is 134 Å². The lowest BCUT2D eigenvalue weighted by molar-refractivity contribution is -0.166. The van der Waals surface area contributed by atoms with Gasteiger partial charge < -0.3 is 14.2 Å². The Hall–Kier alpha value is -4.45. The van der Waals surface area contributed by atoms with Crippen LogP contribution in [-0.4, -0.2) is 37.2 Å². The Morgan fingerprint density at radius 1 is 0.259 bits per heavy atom. The number of ether oxygens (including phenoxy) is 3. The van der Waals surface area contributed by atoms with Gasteiger partial charge in [0, 0.05) is 19.3 Å². The first kappa shape index (κ1) is 76.5. The minimum atomic E-state index is -0.815. The van der Waals surface area contributed by atoms with Gasteiger partial charge in [0.05, 0.1) is 0 Å². The van der Waals surface area contributed by atoms with E-state index in [1.807, 2.05) is 6.08 Å². The molecule has 0 amide bonds. The maximum atomic E-state index is 12.9. The summed E-state index contributed by atoms with van der Waals surface area (Å²) in [6, 6.07) is 0. The fourth-order valence-corrected chi connectivity index (χ4v) is 9.16. The Morgan fingerprint density at radius 2 is 0.506 bits per heavy atom. The maximum Gasteiger partial charge on any atom is 0.306 e. The second kappa shape index (κ2) is 68.1. The molecule has 0 aliphatic carbocycles. The molecule has 0 aliphatic heterocycles. The van der Waals surface area contributed by atoms with Gasteiger partial charge in [-0.15, -0.1) is 0 Å². The van der Waals surface area contributed by atoms with Gasteiger partial charge in [-0.05, 0) is 122 Å². The first-order chi connectivity index (χ1) is 40.0. The highest BCUT2D eigenvalue weighted by molar-refractivity contribution is 5.71. The van der Waals surface area contributed by atoms with E-state index in [0.717, 1.165) is 103 Å². The highest BCUT2D eigenvalue weighted by atomic mass is 16.6. The van der Waals surface area contributed by atoms with Gasteiger partial charge in [-0.2, -0.15) is 0 Å². The average Bonchev–Trinajstić information content (AvgIpc) is 3.46. The third kappa shape index (κ3) is 66.2. The van der Waals surface area contributed by atoms with E-state index < -0.39 is 6.10 Å². The van der Waals surface area contributed by atoms with Gasteiger partial charge in [-0.3, -0.25) is 14.4 Å². The Kier molecular flexibility index (Phi) is 64.3. The Balaban J connectivity index is 4.35. The van der Waals surface area contributed by atoms with E-state index in [1.54, 1.807) is 0 Å². The SMILES string of the molecule is CC/C=C\C/C=C\C/C=C\C/C=C\C/C=C\CCCCCCCCCCCCCC(=O)OCC(COC(=O)CC/C=C\C/C=C\C/C=C\C/C=C\CC)OC(=O)CCCCCCCCCCCCC/C=C\C/C=C\CCCCCCC. The number of unbranched alkanes of at least 4 members (excludes halogenated alkanes) is 27. The third-order valence-electron chi connectivity index (χ3n) is 14.1. The van der Waals surface area contributed by atoms with Crippen molar-refractivity contribution >= 4 is 17.9 Å². The summed E-state index contributed by atoms with van der Waals surface area (Å²) < 4.78 is 16.9. The van der Waals surface area contributed by atoms with Crippen LogP contribution in [0.1, 0.15) is 303 Å². The molecule has 460 valence electrons. The van der Waals surface area contributed by atoms with Gasteiger partial charge in [0.2, 0.25) is 0 Å². The standard InChI is InChI=1S/C75H124O6/c1-4-7-10-13-16-19-22-25-27-29-31-33-35-36-37-38-40-41-43-45-47-50-53-56-59-62-65-68-74(77)80-71-72(70-79-73(76)67-64-61-58-55-52-49-24-21-18-15-12-9-6-3)81-75(78)69-66-63-60-57-54-51-48-46-44-42-39-34-32-30-28-26-23-20-17-14-11-8-5-2/h7,9-10,12,16,18-19,21,23,25-27,30-33,36-37,49,52,58,61,72H,4-6,8,11,13-15,17,20,22,24,28-29,34-35,38-48,50-51,53-57,59-60,62-71H2,1-3H3/b10-7-,12-9-,19-16-,21-18-,26-23-,27-25-,32-30-,33-31-,37-36-,52-49-,61-58-. The molecular formula is C75H124O6. The Morgan fingerprint density at radius 3 is 0.827 bits per heavy atom. The summed E-state index contributed by atoms with van der Waals surface area (Å²) >= 11 is 0. The third-order valence-corrected chi connectivity index (χ3v) is 14.1. The van der Waals surface area contributed by atoms with Crippen LogP contribution in [0.4, 0.5) is 0 Å². The molecule has 1 atom stereocenters. The van der Waals surface area contributed by atoms with Crippen molar-refractivity contribution < 1.29 is 28.6 Å². The van der Waals surface area contributed by atoms with E-state index in [9.17, 15) is 14.4 Å². The van der Waals surface area contributed by atoms with Crippen molar-refractivity contribution in [2.45, 2.75) is 309 Å². The van der Waals surface area contributed by atoms with Crippen LogP contribution >= 0.6 is 0 Å². The highest BCUT2D eigenvalue weighted by Gasteiger charge is 2.19. The lowest BCUT2D eigenvalue weighted by atomic mass is 10.0. The van der Waals surface area contributed by atoms with Gasteiger partial charge in [0.1, 0.15) is 13.2 Å². The molecule has 0 N–H and O–H groups in total. The van der Waals surface area contributed by atoms with Crippen LogP contribution in [0.2, 0.25) is 0 Å². The van der Waals surface area contributed by atoms with Gasteiger partial charge in [0.25, 0.3) is 0 Å². The second-order valence-corrected chi connectivity index (χ2v) is 22.0. The topological polar surface area (TPSA) is 78.9 Å². The summed E-state index contributed by atoms with van der Waals surface area (Å²) in [5.74, 6) is -0.989. The molecule has 81 heavy (non-hydrogen) atoms. The van der Waals surface area contributed by atoms with Gasteiger partial charge >= 0.3 is 17.9 Å². The van der Waals surface area contributed by atoms with E-state index in [1.165, 1.54) is 154 Å².